The normalized spacial score (nSPS) is 13.3. The maximum absolute atomic E-state index is 6.55. The summed E-state index contributed by atoms with van der Waals surface area (Å²) in [6.07, 6.45) is 0. The molecule has 1 nitrogen and oxygen atoms in total. The molecule has 0 saturated carbocycles. The maximum atomic E-state index is 6.55. The van der Waals surface area contributed by atoms with E-state index >= 15 is 0 Å². The van der Waals surface area contributed by atoms with E-state index in [9.17, 15) is 0 Å². The van der Waals surface area contributed by atoms with Crippen LogP contribution in [0.1, 0.15) is 25.0 Å². The molecule has 0 bridgehead atoms. The number of rotatable bonds is 3. The maximum Gasteiger partial charge on any atom is 0.135 e. The first kappa shape index (κ1) is 33.5. The van der Waals surface area contributed by atoms with Crippen LogP contribution in [0.5, 0.6) is 0 Å². The molecule has 0 aliphatic heterocycles. The summed E-state index contributed by atoms with van der Waals surface area (Å²) in [4.78, 5) is 0. The molecule has 0 amide bonds. The van der Waals surface area contributed by atoms with E-state index in [0.717, 1.165) is 21.9 Å². The minimum absolute atomic E-state index is 0.0818. The van der Waals surface area contributed by atoms with Gasteiger partial charge in [0, 0.05) is 16.2 Å². The van der Waals surface area contributed by atoms with Gasteiger partial charge in [0.2, 0.25) is 0 Å². The van der Waals surface area contributed by atoms with Crippen molar-refractivity contribution < 1.29 is 4.42 Å². The van der Waals surface area contributed by atoms with Crippen molar-refractivity contribution in [3.8, 4) is 44.5 Å². The van der Waals surface area contributed by atoms with Crippen molar-refractivity contribution in [2.24, 2.45) is 0 Å². The molecule has 1 aliphatic carbocycles. The third kappa shape index (κ3) is 4.63. The molecule has 0 N–H and O–H groups in total. The molecule has 0 spiro atoms. The largest absolute Gasteiger partial charge is 0.456 e. The Hall–Kier alpha value is -7.48. The first-order chi connectivity index (χ1) is 29.5. The first-order valence-electron chi connectivity index (χ1n) is 21.0. The average Bonchev–Trinajstić information content (AvgIpc) is 3.78. The summed E-state index contributed by atoms with van der Waals surface area (Å²) >= 11 is 0. The smallest absolute Gasteiger partial charge is 0.135 e. The molecule has 0 saturated heterocycles. The zero-order valence-electron chi connectivity index (χ0n) is 33.4. The molecule has 11 aromatic carbocycles. The van der Waals surface area contributed by atoms with Crippen molar-refractivity contribution >= 4 is 75.8 Å². The van der Waals surface area contributed by atoms with Crippen LogP contribution < -0.4 is 0 Å². The summed E-state index contributed by atoms with van der Waals surface area (Å²) in [6, 6.07) is 71.9. The van der Waals surface area contributed by atoms with Crippen LogP contribution in [0.25, 0.3) is 120 Å². The van der Waals surface area contributed by atoms with Crippen LogP contribution in [0.3, 0.4) is 0 Å². The number of furan rings is 1. The van der Waals surface area contributed by atoms with Crippen LogP contribution in [0, 0.1) is 0 Å². The van der Waals surface area contributed by atoms with Crippen molar-refractivity contribution in [3.63, 3.8) is 0 Å². The lowest BCUT2D eigenvalue weighted by atomic mass is 9.80. The highest BCUT2D eigenvalue weighted by Crippen LogP contribution is 2.53. The van der Waals surface area contributed by atoms with E-state index in [1.54, 1.807) is 0 Å². The van der Waals surface area contributed by atoms with Crippen LogP contribution >= 0.6 is 0 Å². The lowest BCUT2D eigenvalue weighted by Crippen LogP contribution is -2.15. The SMILES string of the molecule is CC1(C)c2ccc(-c3ccc4oc5ccc(-c6c7ccccc7c(-c7cccc8c7ccc7ccccc78)c7ccccc67)cc5c4c3)cc2-c2ccc3ccccc3c21. The Labute approximate surface area is 347 Å². The van der Waals surface area contributed by atoms with Crippen LogP contribution in [0.2, 0.25) is 0 Å². The summed E-state index contributed by atoms with van der Waals surface area (Å²) in [7, 11) is 0. The van der Waals surface area contributed by atoms with E-state index in [-0.39, 0.29) is 5.41 Å². The van der Waals surface area contributed by atoms with Gasteiger partial charge in [-0.15, -0.1) is 0 Å². The summed E-state index contributed by atoms with van der Waals surface area (Å²) < 4.78 is 6.55. The van der Waals surface area contributed by atoms with Crippen LogP contribution in [-0.4, -0.2) is 0 Å². The second-order valence-electron chi connectivity index (χ2n) is 17.1. The predicted molar refractivity (Wildman–Crippen MR) is 255 cm³/mol. The Balaban J connectivity index is 0.991. The molecule has 1 heteroatoms. The Morgan fingerprint density at radius 3 is 1.57 bits per heavy atom. The molecule has 1 aliphatic rings. The molecule has 60 heavy (non-hydrogen) atoms. The highest BCUT2D eigenvalue weighted by molar-refractivity contribution is 6.25. The molecular weight excluding hydrogens is 725 g/mol. The van der Waals surface area contributed by atoms with Crippen LogP contribution in [-0.2, 0) is 5.41 Å². The monoisotopic (exact) mass is 762 g/mol. The molecule has 12 aromatic rings. The lowest BCUT2D eigenvalue weighted by Gasteiger charge is -2.23. The van der Waals surface area contributed by atoms with Crippen molar-refractivity contribution in [1.29, 1.82) is 0 Å². The van der Waals surface area contributed by atoms with Gasteiger partial charge in [-0.3, -0.25) is 0 Å². The van der Waals surface area contributed by atoms with Gasteiger partial charge in [0.15, 0.2) is 0 Å². The number of fused-ring (bicyclic) bond motifs is 13. The Kier molecular flexibility index (Phi) is 6.85. The highest BCUT2D eigenvalue weighted by Gasteiger charge is 2.37. The van der Waals surface area contributed by atoms with Gasteiger partial charge >= 0.3 is 0 Å². The number of hydrogen-bond donors (Lipinski definition) is 0. The first-order valence-corrected chi connectivity index (χ1v) is 21.0. The number of benzene rings is 11. The van der Waals surface area contributed by atoms with E-state index in [0.29, 0.717) is 0 Å². The van der Waals surface area contributed by atoms with Crippen LogP contribution in [0.4, 0.5) is 0 Å². The molecule has 0 atom stereocenters. The highest BCUT2D eigenvalue weighted by atomic mass is 16.3. The summed E-state index contributed by atoms with van der Waals surface area (Å²) in [5.74, 6) is 0. The molecule has 0 fully saturated rings. The second-order valence-corrected chi connectivity index (χ2v) is 17.1. The van der Waals surface area contributed by atoms with E-state index < -0.39 is 0 Å². The summed E-state index contributed by atoms with van der Waals surface area (Å²) in [5.41, 5.74) is 14.6. The van der Waals surface area contributed by atoms with Gasteiger partial charge in [0.25, 0.3) is 0 Å². The Bertz CT molecular complexity index is 3750. The third-order valence-electron chi connectivity index (χ3n) is 13.6. The van der Waals surface area contributed by atoms with Gasteiger partial charge in [0.1, 0.15) is 11.2 Å². The Morgan fingerprint density at radius 1 is 0.317 bits per heavy atom. The van der Waals surface area contributed by atoms with Gasteiger partial charge in [-0.05, 0) is 140 Å². The van der Waals surface area contributed by atoms with Crippen LogP contribution in [0.15, 0.2) is 199 Å². The second kappa shape index (κ2) is 12.3. The zero-order chi connectivity index (χ0) is 39.7. The van der Waals surface area contributed by atoms with Crippen molar-refractivity contribution in [2.75, 3.05) is 0 Å². The number of hydrogen-bond acceptors (Lipinski definition) is 1. The van der Waals surface area contributed by atoms with E-state index in [4.69, 9.17) is 4.42 Å². The third-order valence-corrected chi connectivity index (χ3v) is 13.6. The lowest BCUT2D eigenvalue weighted by molar-refractivity contribution is 0.666. The zero-order valence-corrected chi connectivity index (χ0v) is 33.4. The van der Waals surface area contributed by atoms with Crippen molar-refractivity contribution in [2.45, 2.75) is 19.3 Å². The minimum Gasteiger partial charge on any atom is -0.456 e. The minimum atomic E-state index is -0.0818. The molecular formula is C59H38O. The topological polar surface area (TPSA) is 13.1 Å². The van der Waals surface area contributed by atoms with Gasteiger partial charge in [0.05, 0.1) is 0 Å². The fourth-order valence-corrected chi connectivity index (χ4v) is 10.9. The fourth-order valence-electron chi connectivity index (χ4n) is 10.9. The predicted octanol–water partition coefficient (Wildman–Crippen LogP) is 16.7. The quantitative estimate of drug-likeness (QED) is 0.129. The Morgan fingerprint density at radius 2 is 0.850 bits per heavy atom. The van der Waals surface area contributed by atoms with Gasteiger partial charge in [-0.25, -0.2) is 0 Å². The van der Waals surface area contributed by atoms with E-state index in [1.807, 2.05) is 0 Å². The van der Waals surface area contributed by atoms with Gasteiger partial charge < -0.3 is 4.42 Å². The van der Waals surface area contributed by atoms with E-state index in [1.165, 1.54) is 109 Å². The van der Waals surface area contributed by atoms with Gasteiger partial charge in [-0.2, -0.15) is 0 Å². The van der Waals surface area contributed by atoms with Crippen molar-refractivity contribution in [1.82, 2.24) is 0 Å². The summed E-state index contributed by atoms with van der Waals surface area (Å²) in [5, 5.41) is 15.0. The molecule has 1 aromatic heterocycles. The molecule has 0 radical (unpaired) electrons. The molecule has 0 unspecified atom stereocenters. The summed E-state index contributed by atoms with van der Waals surface area (Å²) in [6.45, 7) is 4.74. The van der Waals surface area contributed by atoms with E-state index in [2.05, 4.69) is 208 Å². The van der Waals surface area contributed by atoms with Crippen molar-refractivity contribution in [3.05, 3.63) is 205 Å². The fraction of sp³-hybridized carbons (Fsp3) is 0.0508. The van der Waals surface area contributed by atoms with Gasteiger partial charge in [-0.1, -0.05) is 178 Å². The average molecular weight is 763 g/mol. The molecule has 280 valence electrons. The standard InChI is InChI=1S/C59H38O/c1-59(2)53-29-24-37(32-50(53)49-28-23-36-13-4-6-15-41(36)58(49)59)38-25-30-54-51(33-38)52-34-39(26-31-55(52)60-54)56-45-16-7-9-18-47(45)57(48-19-10-8-17-46(48)56)44-21-11-20-42-40-14-5-3-12-35(40)22-27-43(42)44/h3-34H,1-2H3. The molecule has 13 rings (SSSR count). The molecule has 1 heterocycles.